The fourth-order valence-electron chi connectivity index (χ4n) is 1.63. The van der Waals surface area contributed by atoms with Crippen LogP contribution in [0.4, 0.5) is 5.69 Å². The first-order chi connectivity index (χ1) is 9.40. The molecule has 0 spiro atoms. The number of benzene rings is 2. The van der Waals surface area contributed by atoms with Gasteiger partial charge in [-0.3, -0.25) is 0 Å². The van der Waals surface area contributed by atoms with E-state index in [1.165, 1.54) is 12.1 Å². The van der Waals surface area contributed by atoms with Crippen molar-refractivity contribution in [1.29, 1.82) is 0 Å². The summed E-state index contributed by atoms with van der Waals surface area (Å²) in [7, 11) is -3.63. The molecule has 2 aromatic rings. The molecule has 0 aromatic heterocycles. The number of nitrogens with two attached hydrogens (primary N) is 1. The maximum absolute atomic E-state index is 12.2. The average molecular weight is 376 g/mol. The van der Waals surface area contributed by atoms with Crippen LogP contribution in [-0.2, 0) is 16.6 Å². The summed E-state index contributed by atoms with van der Waals surface area (Å²) in [5.41, 5.74) is 6.79. The second-order valence-electron chi connectivity index (χ2n) is 4.11. The minimum atomic E-state index is -3.63. The Hall–Kier alpha value is -1.08. The average Bonchev–Trinajstić information content (AvgIpc) is 2.37. The lowest BCUT2D eigenvalue weighted by Crippen LogP contribution is -2.23. The van der Waals surface area contributed by atoms with Gasteiger partial charge in [-0.1, -0.05) is 29.8 Å². The van der Waals surface area contributed by atoms with E-state index in [4.69, 9.17) is 17.3 Å². The number of hydrogen-bond acceptors (Lipinski definition) is 3. The summed E-state index contributed by atoms with van der Waals surface area (Å²) >= 11 is 9.19. The highest BCUT2D eigenvalue weighted by atomic mass is 79.9. The smallest absolute Gasteiger partial charge is 0.241 e. The molecule has 0 fully saturated rings. The molecule has 0 aliphatic rings. The second kappa shape index (κ2) is 6.13. The molecule has 0 saturated carbocycles. The molecule has 4 nitrogen and oxygen atoms in total. The van der Waals surface area contributed by atoms with E-state index in [1.807, 2.05) is 0 Å². The monoisotopic (exact) mass is 374 g/mol. The van der Waals surface area contributed by atoms with Crippen molar-refractivity contribution in [3.8, 4) is 0 Å². The number of anilines is 1. The third-order valence-corrected chi connectivity index (χ3v) is 5.40. The summed E-state index contributed by atoms with van der Waals surface area (Å²) in [6.45, 7) is 0.124. The zero-order valence-corrected chi connectivity index (χ0v) is 13.5. The highest BCUT2D eigenvalue weighted by Crippen LogP contribution is 2.24. The maximum atomic E-state index is 12.2. The van der Waals surface area contributed by atoms with Crippen molar-refractivity contribution in [1.82, 2.24) is 4.72 Å². The third-order valence-electron chi connectivity index (χ3n) is 2.66. The van der Waals surface area contributed by atoms with E-state index in [2.05, 4.69) is 20.7 Å². The van der Waals surface area contributed by atoms with Crippen LogP contribution in [0.1, 0.15) is 5.56 Å². The molecule has 20 heavy (non-hydrogen) atoms. The third kappa shape index (κ3) is 3.52. The molecule has 0 atom stereocenters. The van der Waals surface area contributed by atoms with Gasteiger partial charge in [-0.15, -0.1) is 0 Å². The van der Waals surface area contributed by atoms with Crippen LogP contribution in [0.5, 0.6) is 0 Å². The van der Waals surface area contributed by atoms with E-state index in [-0.39, 0.29) is 11.4 Å². The Balaban J connectivity index is 2.22. The molecule has 0 saturated heterocycles. The van der Waals surface area contributed by atoms with Gasteiger partial charge in [0.1, 0.15) is 0 Å². The molecule has 7 heteroatoms. The molecule has 0 aliphatic carbocycles. The van der Waals surface area contributed by atoms with Crippen molar-refractivity contribution in [2.24, 2.45) is 0 Å². The Morgan fingerprint density at radius 1 is 1.20 bits per heavy atom. The number of nitrogen functional groups attached to an aromatic ring is 1. The van der Waals surface area contributed by atoms with Gasteiger partial charge in [0.2, 0.25) is 10.0 Å². The Bertz CT molecular complexity index is 735. The number of hydrogen-bond donors (Lipinski definition) is 2. The lowest BCUT2D eigenvalue weighted by atomic mass is 10.2. The van der Waals surface area contributed by atoms with Gasteiger partial charge < -0.3 is 5.73 Å². The van der Waals surface area contributed by atoms with E-state index in [1.54, 1.807) is 30.3 Å². The van der Waals surface area contributed by atoms with E-state index in [9.17, 15) is 8.42 Å². The number of sulfonamides is 1. The van der Waals surface area contributed by atoms with Crippen molar-refractivity contribution in [3.05, 3.63) is 57.5 Å². The van der Waals surface area contributed by atoms with Gasteiger partial charge in [-0.2, -0.15) is 0 Å². The Kier molecular flexibility index (Phi) is 4.70. The summed E-state index contributed by atoms with van der Waals surface area (Å²) in [6.07, 6.45) is 0. The fraction of sp³-hybridized carbons (Fsp3) is 0.0769. The quantitative estimate of drug-likeness (QED) is 0.806. The molecule has 2 rings (SSSR count). The van der Waals surface area contributed by atoms with Crippen LogP contribution >= 0.6 is 27.5 Å². The fourth-order valence-corrected chi connectivity index (χ4v) is 3.93. The molecule has 0 aliphatic heterocycles. The van der Waals surface area contributed by atoms with Gasteiger partial charge in [0, 0.05) is 21.7 Å². The van der Waals surface area contributed by atoms with Crippen molar-refractivity contribution < 1.29 is 8.42 Å². The molecule has 0 amide bonds. The highest BCUT2D eigenvalue weighted by molar-refractivity contribution is 9.10. The summed E-state index contributed by atoms with van der Waals surface area (Å²) < 4.78 is 27.4. The largest absolute Gasteiger partial charge is 0.399 e. The molecule has 3 N–H and O–H groups in total. The summed E-state index contributed by atoms with van der Waals surface area (Å²) in [6, 6.07) is 11.6. The minimum absolute atomic E-state index is 0.124. The summed E-state index contributed by atoms with van der Waals surface area (Å²) in [5, 5.41) is 0.520. The van der Waals surface area contributed by atoms with Gasteiger partial charge in [0.25, 0.3) is 0 Å². The highest BCUT2D eigenvalue weighted by Gasteiger charge is 2.17. The second-order valence-corrected chi connectivity index (χ2v) is 7.10. The van der Waals surface area contributed by atoms with Gasteiger partial charge in [-0.25, -0.2) is 13.1 Å². The molecular weight excluding hydrogens is 364 g/mol. The minimum Gasteiger partial charge on any atom is -0.399 e. The first-order valence-corrected chi connectivity index (χ1v) is 8.33. The first-order valence-electron chi connectivity index (χ1n) is 5.68. The van der Waals surface area contributed by atoms with Crippen LogP contribution in [0.3, 0.4) is 0 Å². The van der Waals surface area contributed by atoms with Crippen LogP contribution in [-0.4, -0.2) is 8.42 Å². The van der Waals surface area contributed by atoms with Crippen molar-refractivity contribution >= 4 is 43.2 Å². The van der Waals surface area contributed by atoms with Gasteiger partial charge >= 0.3 is 0 Å². The topological polar surface area (TPSA) is 72.2 Å². The van der Waals surface area contributed by atoms with E-state index >= 15 is 0 Å². The number of halogens is 2. The van der Waals surface area contributed by atoms with Crippen LogP contribution in [0.25, 0.3) is 0 Å². The molecule has 0 heterocycles. The van der Waals surface area contributed by atoms with Gasteiger partial charge in [0.15, 0.2) is 0 Å². The number of rotatable bonds is 4. The zero-order valence-electron chi connectivity index (χ0n) is 10.3. The molecule has 0 radical (unpaired) electrons. The molecule has 106 valence electrons. The Morgan fingerprint density at radius 2 is 1.90 bits per heavy atom. The van der Waals surface area contributed by atoms with Crippen molar-refractivity contribution in [2.45, 2.75) is 11.4 Å². The number of nitrogens with one attached hydrogen (secondary N) is 1. The maximum Gasteiger partial charge on any atom is 0.241 e. The standard InChI is InChI=1S/C13H12BrClN2O2S/c14-11-7-10(16)5-6-13(11)20(18,19)17-8-9-3-1-2-4-12(9)15/h1-7,17H,8,16H2. The van der Waals surface area contributed by atoms with Gasteiger partial charge in [-0.05, 0) is 45.8 Å². The van der Waals surface area contributed by atoms with Crippen molar-refractivity contribution in [2.75, 3.05) is 5.73 Å². The predicted octanol–water partition coefficient (Wildman–Crippen LogP) is 3.16. The Morgan fingerprint density at radius 3 is 2.55 bits per heavy atom. The van der Waals surface area contributed by atoms with Crippen LogP contribution in [0.2, 0.25) is 5.02 Å². The molecule has 0 unspecified atom stereocenters. The SMILES string of the molecule is Nc1ccc(S(=O)(=O)NCc2ccccc2Cl)c(Br)c1. The predicted molar refractivity (Wildman–Crippen MR) is 84.0 cm³/mol. The van der Waals surface area contributed by atoms with Crippen LogP contribution < -0.4 is 10.5 Å². The Labute approximate surface area is 131 Å². The lowest BCUT2D eigenvalue weighted by Gasteiger charge is -2.10. The van der Waals surface area contributed by atoms with E-state index in [0.29, 0.717) is 20.7 Å². The zero-order chi connectivity index (χ0) is 14.8. The molecule has 0 bridgehead atoms. The van der Waals surface area contributed by atoms with E-state index in [0.717, 1.165) is 0 Å². The summed E-state index contributed by atoms with van der Waals surface area (Å²) in [5.74, 6) is 0. The summed E-state index contributed by atoms with van der Waals surface area (Å²) in [4.78, 5) is 0.138. The van der Waals surface area contributed by atoms with Crippen LogP contribution in [0, 0.1) is 0 Å². The van der Waals surface area contributed by atoms with Crippen molar-refractivity contribution in [3.63, 3.8) is 0 Å². The first kappa shape index (κ1) is 15.3. The van der Waals surface area contributed by atoms with Crippen LogP contribution in [0.15, 0.2) is 51.8 Å². The lowest BCUT2D eigenvalue weighted by molar-refractivity contribution is 0.581. The normalized spacial score (nSPS) is 11.5. The molecule has 2 aromatic carbocycles. The van der Waals surface area contributed by atoms with E-state index < -0.39 is 10.0 Å². The van der Waals surface area contributed by atoms with Gasteiger partial charge in [0.05, 0.1) is 4.90 Å². The molecular formula is C13H12BrClN2O2S.